The summed E-state index contributed by atoms with van der Waals surface area (Å²) in [6, 6.07) is 0.743. The fourth-order valence-electron chi connectivity index (χ4n) is 1.36. The highest BCUT2D eigenvalue weighted by Gasteiger charge is 2.13. The van der Waals surface area contributed by atoms with E-state index >= 15 is 0 Å². The molecule has 86 valence electrons. The van der Waals surface area contributed by atoms with Gasteiger partial charge in [0.15, 0.2) is 5.82 Å². The zero-order chi connectivity index (χ0) is 11.4. The van der Waals surface area contributed by atoms with Crippen LogP contribution in [0.2, 0.25) is 0 Å². The van der Waals surface area contributed by atoms with Crippen molar-refractivity contribution in [2.75, 3.05) is 0 Å². The van der Waals surface area contributed by atoms with Gasteiger partial charge in [-0.3, -0.25) is 5.10 Å². The van der Waals surface area contributed by atoms with Crippen LogP contribution in [0.15, 0.2) is 0 Å². The predicted octanol–water partition coefficient (Wildman–Crippen LogP) is 2.38. The molecule has 1 heterocycles. The van der Waals surface area contributed by atoms with E-state index in [0.29, 0.717) is 12.0 Å². The number of aromatic nitrogens is 3. The molecule has 4 nitrogen and oxygen atoms in total. The summed E-state index contributed by atoms with van der Waals surface area (Å²) in [6.07, 6.45) is 1.12. The van der Waals surface area contributed by atoms with Gasteiger partial charge >= 0.3 is 0 Å². The Morgan fingerprint density at radius 2 is 1.93 bits per heavy atom. The minimum absolute atomic E-state index is 0.236. The van der Waals surface area contributed by atoms with Gasteiger partial charge < -0.3 is 5.32 Å². The Morgan fingerprint density at radius 1 is 1.27 bits per heavy atom. The first-order valence-electron chi connectivity index (χ1n) is 5.72. The van der Waals surface area contributed by atoms with E-state index in [1.54, 1.807) is 0 Å². The highest BCUT2D eigenvalue weighted by molar-refractivity contribution is 4.98. The average molecular weight is 210 g/mol. The van der Waals surface area contributed by atoms with Gasteiger partial charge in [-0.05, 0) is 20.3 Å². The molecule has 0 radical (unpaired) electrons. The maximum atomic E-state index is 4.47. The largest absolute Gasteiger partial charge is 0.305 e. The van der Waals surface area contributed by atoms with Crippen LogP contribution in [0.3, 0.4) is 0 Å². The summed E-state index contributed by atoms with van der Waals surface area (Å²) in [5.41, 5.74) is 0. The van der Waals surface area contributed by atoms with Gasteiger partial charge in [-0.25, -0.2) is 4.98 Å². The lowest BCUT2D eigenvalue weighted by Crippen LogP contribution is -2.28. The Morgan fingerprint density at radius 3 is 2.40 bits per heavy atom. The molecule has 1 aromatic rings. The van der Waals surface area contributed by atoms with E-state index in [4.69, 9.17) is 0 Å². The van der Waals surface area contributed by atoms with Crippen molar-refractivity contribution in [1.82, 2.24) is 20.5 Å². The standard InChI is InChI=1S/C11H22N4/c1-6-8(4)12-9(5)11-13-10(7(2)3)14-15-11/h7-9,12H,6H2,1-5H3,(H,13,14,15). The maximum absolute atomic E-state index is 4.47. The van der Waals surface area contributed by atoms with E-state index in [9.17, 15) is 0 Å². The molecule has 2 N–H and O–H groups in total. The third-order valence-corrected chi connectivity index (χ3v) is 2.59. The second-order valence-corrected chi connectivity index (χ2v) is 4.43. The number of hydrogen-bond donors (Lipinski definition) is 2. The third kappa shape index (κ3) is 3.30. The second-order valence-electron chi connectivity index (χ2n) is 4.43. The zero-order valence-corrected chi connectivity index (χ0v) is 10.3. The Bertz CT molecular complexity index is 293. The van der Waals surface area contributed by atoms with Crippen LogP contribution in [0.1, 0.15) is 64.6 Å². The predicted molar refractivity (Wildman–Crippen MR) is 61.8 cm³/mol. The van der Waals surface area contributed by atoms with Gasteiger partial charge in [0, 0.05) is 12.0 Å². The van der Waals surface area contributed by atoms with Gasteiger partial charge in [0.05, 0.1) is 6.04 Å². The van der Waals surface area contributed by atoms with Crippen molar-refractivity contribution in [2.45, 2.75) is 59.0 Å². The minimum atomic E-state index is 0.236. The molecule has 0 bridgehead atoms. The average Bonchev–Trinajstić information content (AvgIpc) is 2.66. The lowest BCUT2D eigenvalue weighted by Gasteiger charge is -2.16. The molecule has 4 heteroatoms. The first-order chi connectivity index (χ1) is 7.04. The summed E-state index contributed by atoms with van der Waals surface area (Å²) in [7, 11) is 0. The fraction of sp³-hybridized carbons (Fsp3) is 0.818. The van der Waals surface area contributed by atoms with Crippen molar-refractivity contribution in [3.63, 3.8) is 0 Å². The fourth-order valence-corrected chi connectivity index (χ4v) is 1.36. The molecular weight excluding hydrogens is 188 g/mol. The second kappa shape index (κ2) is 5.26. The van der Waals surface area contributed by atoms with Crippen LogP contribution in [-0.4, -0.2) is 21.2 Å². The van der Waals surface area contributed by atoms with Crippen LogP contribution in [-0.2, 0) is 0 Å². The van der Waals surface area contributed by atoms with Crippen molar-refractivity contribution >= 4 is 0 Å². The molecule has 0 aliphatic rings. The first-order valence-corrected chi connectivity index (χ1v) is 5.72. The molecule has 0 aliphatic carbocycles. The smallest absolute Gasteiger partial charge is 0.153 e. The van der Waals surface area contributed by atoms with Crippen LogP contribution in [0.25, 0.3) is 0 Å². The van der Waals surface area contributed by atoms with Crippen molar-refractivity contribution in [3.8, 4) is 0 Å². The summed E-state index contributed by atoms with van der Waals surface area (Å²) >= 11 is 0. The summed E-state index contributed by atoms with van der Waals surface area (Å²) in [5, 5.41) is 10.7. The van der Waals surface area contributed by atoms with Crippen LogP contribution >= 0.6 is 0 Å². The van der Waals surface area contributed by atoms with Crippen molar-refractivity contribution < 1.29 is 0 Å². The highest BCUT2D eigenvalue weighted by Crippen LogP contribution is 2.12. The Kier molecular flexibility index (Phi) is 4.27. The van der Waals surface area contributed by atoms with Crippen molar-refractivity contribution in [2.24, 2.45) is 0 Å². The van der Waals surface area contributed by atoms with E-state index in [1.165, 1.54) is 0 Å². The van der Waals surface area contributed by atoms with Crippen LogP contribution < -0.4 is 5.32 Å². The molecule has 1 rings (SSSR count). The molecule has 1 aromatic heterocycles. The Labute approximate surface area is 91.9 Å². The number of nitrogens with one attached hydrogen (secondary N) is 2. The van der Waals surface area contributed by atoms with Crippen LogP contribution in [0, 0.1) is 0 Å². The molecule has 2 unspecified atom stereocenters. The molecule has 0 saturated carbocycles. The molecule has 0 fully saturated rings. The summed E-state index contributed by atoms with van der Waals surface area (Å²) in [5.74, 6) is 2.20. The lowest BCUT2D eigenvalue weighted by atomic mass is 10.2. The summed E-state index contributed by atoms with van der Waals surface area (Å²) in [4.78, 5) is 4.47. The zero-order valence-electron chi connectivity index (χ0n) is 10.3. The first kappa shape index (κ1) is 12.2. The van der Waals surface area contributed by atoms with E-state index in [0.717, 1.165) is 18.1 Å². The number of rotatable bonds is 5. The minimum Gasteiger partial charge on any atom is -0.305 e. The number of aromatic amines is 1. The van der Waals surface area contributed by atoms with Crippen molar-refractivity contribution in [3.05, 3.63) is 11.6 Å². The number of hydrogen-bond acceptors (Lipinski definition) is 3. The number of nitrogens with zero attached hydrogens (tertiary/aromatic N) is 2. The van der Waals surface area contributed by atoms with Gasteiger partial charge in [-0.1, -0.05) is 20.8 Å². The molecule has 0 amide bonds. The van der Waals surface area contributed by atoms with Crippen LogP contribution in [0.5, 0.6) is 0 Å². The normalized spacial score (nSPS) is 15.6. The molecule has 0 aromatic carbocycles. The monoisotopic (exact) mass is 210 g/mol. The van der Waals surface area contributed by atoms with Gasteiger partial charge in [-0.2, -0.15) is 5.10 Å². The molecule has 2 atom stereocenters. The van der Waals surface area contributed by atoms with E-state index in [1.807, 2.05) is 0 Å². The third-order valence-electron chi connectivity index (χ3n) is 2.59. The lowest BCUT2D eigenvalue weighted by molar-refractivity contribution is 0.455. The SMILES string of the molecule is CCC(C)NC(C)c1nc(C(C)C)n[nH]1. The van der Waals surface area contributed by atoms with Gasteiger partial charge in [-0.15, -0.1) is 0 Å². The van der Waals surface area contributed by atoms with E-state index in [2.05, 4.69) is 55.1 Å². The molecule has 15 heavy (non-hydrogen) atoms. The van der Waals surface area contributed by atoms with E-state index < -0.39 is 0 Å². The van der Waals surface area contributed by atoms with Gasteiger partial charge in [0.25, 0.3) is 0 Å². The molecule has 0 saturated heterocycles. The topological polar surface area (TPSA) is 53.6 Å². The number of H-pyrrole nitrogens is 1. The molecular formula is C11H22N4. The van der Waals surface area contributed by atoms with Gasteiger partial charge in [0.1, 0.15) is 5.82 Å². The van der Waals surface area contributed by atoms with E-state index in [-0.39, 0.29) is 6.04 Å². The quantitative estimate of drug-likeness (QED) is 0.784. The Hall–Kier alpha value is -0.900. The van der Waals surface area contributed by atoms with Gasteiger partial charge in [0.2, 0.25) is 0 Å². The maximum Gasteiger partial charge on any atom is 0.153 e. The van der Waals surface area contributed by atoms with Crippen LogP contribution in [0.4, 0.5) is 0 Å². The Balaban J connectivity index is 2.61. The summed E-state index contributed by atoms with van der Waals surface area (Å²) < 4.78 is 0. The highest BCUT2D eigenvalue weighted by atomic mass is 15.2. The molecule has 0 spiro atoms. The summed E-state index contributed by atoms with van der Waals surface area (Å²) in [6.45, 7) is 10.6. The van der Waals surface area contributed by atoms with Crippen molar-refractivity contribution in [1.29, 1.82) is 0 Å². The molecule has 0 aliphatic heterocycles.